The summed E-state index contributed by atoms with van der Waals surface area (Å²) in [6.45, 7) is 0.0488. The van der Waals surface area contributed by atoms with E-state index < -0.39 is 0 Å². The van der Waals surface area contributed by atoms with Gasteiger partial charge in [0.15, 0.2) is 0 Å². The van der Waals surface area contributed by atoms with Gasteiger partial charge in [-0.2, -0.15) is 0 Å². The van der Waals surface area contributed by atoms with E-state index in [9.17, 15) is 0 Å². The third kappa shape index (κ3) is 1.35. The number of hydrogen-bond acceptors (Lipinski definition) is 2. The van der Waals surface area contributed by atoms with E-state index in [1.165, 1.54) is 0 Å². The summed E-state index contributed by atoms with van der Waals surface area (Å²) in [4.78, 5) is 0. The molecule has 2 nitrogen and oxygen atoms in total. The lowest BCUT2D eigenvalue weighted by atomic mass is 10.0. The second-order valence-corrected chi connectivity index (χ2v) is 3.81. The van der Waals surface area contributed by atoms with Gasteiger partial charge in [-0.15, -0.1) is 0 Å². The molecule has 1 aromatic carbocycles. The summed E-state index contributed by atoms with van der Waals surface area (Å²) >= 11 is 6.03. The van der Waals surface area contributed by atoms with Crippen molar-refractivity contribution in [2.45, 2.75) is 25.5 Å². The first kappa shape index (κ1) is 9.00. The van der Waals surface area contributed by atoms with E-state index in [0.717, 1.165) is 34.6 Å². The van der Waals surface area contributed by atoms with Gasteiger partial charge in [0.25, 0.3) is 0 Å². The molecule has 1 aliphatic rings. The average Bonchev–Trinajstić information content (AvgIpc) is 2.51. The predicted molar refractivity (Wildman–Crippen MR) is 52.6 cm³/mol. The highest BCUT2D eigenvalue weighted by Gasteiger charge is 2.23. The molecule has 0 fully saturated rings. The zero-order valence-electron chi connectivity index (χ0n) is 7.26. The van der Waals surface area contributed by atoms with Gasteiger partial charge in [-0.05, 0) is 35.6 Å². The molecule has 0 aromatic heterocycles. The molecule has 0 bridgehead atoms. The van der Waals surface area contributed by atoms with Crippen LogP contribution in [0.2, 0.25) is 5.02 Å². The molecule has 0 spiro atoms. The first-order chi connectivity index (χ1) is 6.24. The largest absolute Gasteiger partial charge is 0.392 e. The normalized spacial score (nSPS) is 20.4. The fraction of sp³-hybridized carbons (Fsp3) is 0.400. The van der Waals surface area contributed by atoms with Crippen molar-refractivity contribution in [3.63, 3.8) is 0 Å². The van der Waals surface area contributed by atoms with E-state index in [-0.39, 0.29) is 12.6 Å². The molecule has 3 heteroatoms. The second-order valence-electron chi connectivity index (χ2n) is 3.40. The Bertz CT molecular complexity index is 338. The number of aliphatic hydroxyl groups is 1. The van der Waals surface area contributed by atoms with Crippen LogP contribution in [0.3, 0.4) is 0 Å². The molecule has 0 saturated carbocycles. The van der Waals surface area contributed by atoms with Crippen molar-refractivity contribution >= 4 is 11.6 Å². The predicted octanol–water partition coefficient (Wildman–Crippen LogP) is 1.78. The van der Waals surface area contributed by atoms with E-state index in [1.807, 2.05) is 12.1 Å². The molecule has 2 rings (SSSR count). The van der Waals surface area contributed by atoms with E-state index in [4.69, 9.17) is 22.4 Å². The Labute approximate surface area is 82.3 Å². The lowest BCUT2D eigenvalue weighted by molar-refractivity contribution is 0.280. The summed E-state index contributed by atoms with van der Waals surface area (Å²) in [5.74, 6) is 0. The molecule has 0 heterocycles. The van der Waals surface area contributed by atoms with Crippen LogP contribution in [0.4, 0.5) is 0 Å². The molecular formula is C10H12ClNO. The van der Waals surface area contributed by atoms with Crippen molar-refractivity contribution in [1.82, 2.24) is 0 Å². The molecule has 0 saturated heterocycles. The molecule has 70 valence electrons. The van der Waals surface area contributed by atoms with Crippen molar-refractivity contribution in [3.8, 4) is 0 Å². The summed E-state index contributed by atoms with van der Waals surface area (Å²) in [6.07, 6.45) is 1.87. The number of benzene rings is 1. The fourth-order valence-electron chi connectivity index (χ4n) is 1.98. The van der Waals surface area contributed by atoms with Gasteiger partial charge in [0.1, 0.15) is 0 Å². The quantitative estimate of drug-likeness (QED) is 0.721. The summed E-state index contributed by atoms with van der Waals surface area (Å²) in [7, 11) is 0. The molecule has 1 aromatic rings. The second kappa shape index (κ2) is 3.29. The van der Waals surface area contributed by atoms with Crippen LogP contribution < -0.4 is 5.73 Å². The lowest BCUT2D eigenvalue weighted by Crippen LogP contribution is -2.08. The molecule has 0 unspecified atom stereocenters. The fourth-order valence-corrected chi connectivity index (χ4v) is 2.24. The van der Waals surface area contributed by atoms with Crippen LogP contribution in [-0.2, 0) is 13.0 Å². The van der Waals surface area contributed by atoms with Crippen molar-refractivity contribution < 1.29 is 5.11 Å². The van der Waals surface area contributed by atoms with Crippen molar-refractivity contribution in [3.05, 3.63) is 33.8 Å². The molecule has 3 N–H and O–H groups in total. The maximum atomic E-state index is 9.11. The van der Waals surface area contributed by atoms with Gasteiger partial charge in [-0.25, -0.2) is 0 Å². The number of halogens is 1. The number of aliphatic hydroxyl groups excluding tert-OH is 1. The average molecular weight is 198 g/mol. The van der Waals surface area contributed by atoms with Crippen molar-refractivity contribution in [2.24, 2.45) is 5.73 Å². The number of nitrogens with two attached hydrogens (primary N) is 1. The monoisotopic (exact) mass is 197 g/mol. The minimum Gasteiger partial charge on any atom is -0.392 e. The van der Waals surface area contributed by atoms with Gasteiger partial charge >= 0.3 is 0 Å². The standard InChI is InChI=1S/C10H12ClNO/c11-8-3-1-6(5-13)10-7(8)2-4-9(10)12/h1,3,9,13H,2,4-5,12H2/t9-/m0/s1. The first-order valence-corrected chi connectivity index (χ1v) is 4.78. The molecule has 0 radical (unpaired) electrons. The van der Waals surface area contributed by atoms with Gasteiger partial charge in [-0.1, -0.05) is 17.7 Å². The third-order valence-electron chi connectivity index (χ3n) is 2.64. The minimum absolute atomic E-state index is 0.0488. The van der Waals surface area contributed by atoms with Crippen LogP contribution in [0.1, 0.15) is 29.2 Å². The van der Waals surface area contributed by atoms with Crippen LogP contribution in [0, 0.1) is 0 Å². The Kier molecular flexibility index (Phi) is 2.28. The summed E-state index contributed by atoms with van der Waals surface area (Å²) in [6, 6.07) is 3.74. The maximum absolute atomic E-state index is 9.11. The summed E-state index contributed by atoms with van der Waals surface area (Å²) in [5, 5.41) is 9.89. The molecule has 1 atom stereocenters. The highest BCUT2D eigenvalue weighted by atomic mass is 35.5. The van der Waals surface area contributed by atoms with E-state index in [1.54, 1.807) is 0 Å². The van der Waals surface area contributed by atoms with Crippen LogP contribution >= 0.6 is 11.6 Å². The first-order valence-electron chi connectivity index (χ1n) is 4.40. The Morgan fingerprint density at radius 1 is 1.54 bits per heavy atom. The summed E-state index contributed by atoms with van der Waals surface area (Å²) in [5.41, 5.74) is 9.03. The van der Waals surface area contributed by atoms with Gasteiger partial charge in [-0.3, -0.25) is 0 Å². The van der Waals surface area contributed by atoms with Crippen LogP contribution in [0.25, 0.3) is 0 Å². The Morgan fingerprint density at radius 2 is 2.31 bits per heavy atom. The van der Waals surface area contributed by atoms with Crippen LogP contribution in [0.5, 0.6) is 0 Å². The molecule has 1 aliphatic carbocycles. The summed E-state index contributed by atoms with van der Waals surface area (Å²) < 4.78 is 0. The van der Waals surface area contributed by atoms with Crippen molar-refractivity contribution in [1.29, 1.82) is 0 Å². The van der Waals surface area contributed by atoms with Crippen molar-refractivity contribution in [2.75, 3.05) is 0 Å². The molecule has 13 heavy (non-hydrogen) atoms. The van der Waals surface area contributed by atoms with Gasteiger partial charge < -0.3 is 10.8 Å². The number of rotatable bonds is 1. The Morgan fingerprint density at radius 3 is 3.00 bits per heavy atom. The molecular weight excluding hydrogens is 186 g/mol. The van der Waals surface area contributed by atoms with E-state index in [0.29, 0.717) is 0 Å². The highest BCUT2D eigenvalue weighted by molar-refractivity contribution is 6.31. The van der Waals surface area contributed by atoms with Crippen LogP contribution in [0.15, 0.2) is 12.1 Å². The number of hydrogen-bond donors (Lipinski definition) is 2. The topological polar surface area (TPSA) is 46.2 Å². The molecule has 0 aliphatic heterocycles. The third-order valence-corrected chi connectivity index (χ3v) is 2.99. The zero-order chi connectivity index (χ0) is 9.42. The van der Waals surface area contributed by atoms with Gasteiger partial charge in [0, 0.05) is 11.1 Å². The minimum atomic E-state index is 0.0488. The Balaban J connectivity index is 2.60. The smallest absolute Gasteiger partial charge is 0.0685 e. The van der Waals surface area contributed by atoms with E-state index >= 15 is 0 Å². The van der Waals surface area contributed by atoms with Crippen LogP contribution in [-0.4, -0.2) is 5.11 Å². The van der Waals surface area contributed by atoms with Gasteiger partial charge in [0.05, 0.1) is 6.61 Å². The SMILES string of the molecule is N[C@H]1CCc2c(Cl)ccc(CO)c21. The number of fused-ring (bicyclic) bond motifs is 1. The molecule has 0 amide bonds. The maximum Gasteiger partial charge on any atom is 0.0685 e. The van der Waals surface area contributed by atoms with Gasteiger partial charge in [0.2, 0.25) is 0 Å². The van der Waals surface area contributed by atoms with E-state index in [2.05, 4.69) is 0 Å². The zero-order valence-corrected chi connectivity index (χ0v) is 8.01. The Hall–Kier alpha value is -0.570. The lowest BCUT2D eigenvalue weighted by Gasteiger charge is -2.10. The highest BCUT2D eigenvalue weighted by Crippen LogP contribution is 2.36.